The molecule has 0 atom stereocenters. The molecule has 0 spiro atoms. The smallest absolute Gasteiger partial charge is 0.323 e. The van der Waals surface area contributed by atoms with Gasteiger partial charge in [0.25, 0.3) is 11.8 Å². The van der Waals surface area contributed by atoms with E-state index in [0.717, 1.165) is 12.8 Å². The van der Waals surface area contributed by atoms with E-state index < -0.39 is 0 Å². The van der Waals surface area contributed by atoms with E-state index in [1.807, 2.05) is 18.2 Å². The average molecular weight is 414 g/mol. The van der Waals surface area contributed by atoms with Gasteiger partial charge in [0.2, 0.25) is 0 Å². The first-order chi connectivity index (χ1) is 15.1. The predicted molar refractivity (Wildman–Crippen MR) is 120 cm³/mol. The molecule has 7 heteroatoms. The Morgan fingerprint density at radius 1 is 0.581 bits per heavy atom. The molecule has 1 aliphatic carbocycles. The summed E-state index contributed by atoms with van der Waals surface area (Å²) in [4.78, 5) is 36.5. The van der Waals surface area contributed by atoms with Crippen molar-refractivity contribution >= 4 is 34.9 Å². The normalized spacial score (nSPS) is 12.5. The SMILES string of the molecule is O=C(Nc1ccccc1)Nc1ccc(C(=O)Nc2ccc(C(=O)NC3CC3)cc2)cc1. The van der Waals surface area contributed by atoms with Crippen LogP contribution >= 0.6 is 0 Å². The lowest BCUT2D eigenvalue weighted by Gasteiger charge is -2.09. The van der Waals surface area contributed by atoms with Crippen molar-refractivity contribution in [2.24, 2.45) is 0 Å². The first-order valence-corrected chi connectivity index (χ1v) is 10.0. The number of para-hydroxylation sites is 1. The van der Waals surface area contributed by atoms with Gasteiger partial charge in [-0.25, -0.2) is 4.79 Å². The fourth-order valence-corrected chi connectivity index (χ4v) is 2.92. The highest BCUT2D eigenvalue weighted by molar-refractivity contribution is 6.05. The molecule has 4 N–H and O–H groups in total. The lowest BCUT2D eigenvalue weighted by Crippen LogP contribution is -2.25. The summed E-state index contributed by atoms with van der Waals surface area (Å²) < 4.78 is 0. The molecule has 0 radical (unpaired) electrons. The molecule has 4 amide bonds. The Balaban J connectivity index is 1.30. The van der Waals surface area contributed by atoms with Gasteiger partial charge in [-0.1, -0.05) is 18.2 Å². The van der Waals surface area contributed by atoms with Crippen molar-refractivity contribution in [2.75, 3.05) is 16.0 Å². The number of hydrogen-bond acceptors (Lipinski definition) is 3. The molecule has 3 aromatic rings. The van der Waals surface area contributed by atoms with E-state index in [1.165, 1.54) is 0 Å². The van der Waals surface area contributed by atoms with Crippen molar-refractivity contribution in [3.8, 4) is 0 Å². The van der Waals surface area contributed by atoms with E-state index in [2.05, 4.69) is 21.3 Å². The van der Waals surface area contributed by atoms with Crippen LogP contribution in [0, 0.1) is 0 Å². The van der Waals surface area contributed by atoms with Crippen LogP contribution < -0.4 is 21.3 Å². The molecule has 0 bridgehead atoms. The zero-order valence-electron chi connectivity index (χ0n) is 16.7. The number of urea groups is 1. The molecular formula is C24H22N4O3. The molecule has 0 heterocycles. The van der Waals surface area contributed by atoms with Gasteiger partial charge in [0.05, 0.1) is 0 Å². The first kappa shape index (κ1) is 20.2. The summed E-state index contributed by atoms with van der Waals surface area (Å²) in [5, 5.41) is 11.2. The largest absolute Gasteiger partial charge is 0.349 e. The zero-order valence-corrected chi connectivity index (χ0v) is 16.7. The highest BCUT2D eigenvalue weighted by atomic mass is 16.2. The molecule has 0 aliphatic heterocycles. The first-order valence-electron chi connectivity index (χ1n) is 10.0. The number of nitrogens with one attached hydrogen (secondary N) is 4. The Bertz CT molecular complexity index is 1080. The summed E-state index contributed by atoms with van der Waals surface area (Å²) in [5.41, 5.74) is 2.86. The van der Waals surface area contributed by atoms with Gasteiger partial charge in [-0.15, -0.1) is 0 Å². The highest BCUT2D eigenvalue weighted by Gasteiger charge is 2.23. The molecule has 0 unspecified atom stereocenters. The van der Waals surface area contributed by atoms with E-state index in [-0.39, 0.29) is 17.8 Å². The van der Waals surface area contributed by atoms with Crippen LogP contribution in [-0.2, 0) is 0 Å². The van der Waals surface area contributed by atoms with Crippen LogP contribution in [0.1, 0.15) is 33.6 Å². The Hall–Kier alpha value is -4.13. The van der Waals surface area contributed by atoms with Crippen molar-refractivity contribution in [2.45, 2.75) is 18.9 Å². The minimum Gasteiger partial charge on any atom is -0.349 e. The second-order valence-corrected chi connectivity index (χ2v) is 7.30. The van der Waals surface area contributed by atoms with Crippen molar-refractivity contribution in [1.29, 1.82) is 0 Å². The molecule has 4 rings (SSSR count). The molecule has 31 heavy (non-hydrogen) atoms. The Morgan fingerprint density at radius 3 is 1.61 bits per heavy atom. The monoisotopic (exact) mass is 414 g/mol. The summed E-state index contributed by atoms with van der Waals surface area (Å²) in [6, 6.07) is 22.4. The van der Waals surface area contributed by atoms with Crippen molar-refractivity contribution < 1.29 is 14.4 Å². The standard InChI is InChI=1S/C24H22N4O3/c29-22(25-19-10-6-16(7-11-19)23(30)26-20-14-15-20)17-8-12-21(13-9-17)28-24(31)27-18-4-2-1-3-5-18/h1-13,20H,14-15H2,(H,25,29)(H,26,30)(H2,27,28,31). The van der Waals surface area contributed by atoms with Gasteiger partial charge in [0.1, 0.15) is 0 Å². The Morgan fingerprint density at radius 2 is 1.06 bits per heavy atom. The molecule has 7 nitrogen and oxygen atoms in total. The number of rotatable bonds is 6. The molecule has 156 valence electrons. The van der Waals surface area contributed by atoms with E-state index in [4.69, 9.17) is 0 Å². The maximum Gasteiger partial charge on any atom is 0.323 e. The van der Waals surface area contributed by atoms with Gasteiger partial charge in [0, 0.05) is 34.2 Å². The number of carbonyl (C=O) groups excluding carboxylic acids is 3. The summed E-state index contributed by atoms with van der Waals surface area (Å²) in [5.74, 6) is -0.379. The van der Waals surface area contributed by atoms with E-state index in [0.29, 0.717) is 34.2 Å². The van der Waals surface area contributed by atoms with Crippen LogP contribution in [-0.4, -0.2) is 23.9 Å². The Labute approximate surface area is 179 Å². The zero-order chi connectivity index (χ0) is 21.6. The number of anilines is 3. The molecule has 3 aromatic carbocycles. The van der Waals surface area contributed by atoms with Gasteiger partial charge in [-0.3, -0.25) is 9.59 Å². The maximum absolute atomic E-state index is 12.5. The maximum atomic E-state index is 12.5. The number of benzene rings is 3. The van der Waals surface area contributed by atoms with Crippen LogP contribution in [0.4, 0.5) is 21.9 Å². The summed E-state index contributed by atoms with van der Waals surface area (Å²) >= 11 is 0. The third-order valence-corrected chi connectivity index (χ3v) is 4.75. The molecular weight excluding hydrogens is 392 g/mol. The van der Waals surface area contributed by atoms with Gasteiger partial charge in [-0.05, 0) is 73.5 Å². The van der Waals surface area contributed by atoms with Crippen LogP contribution in [0.15, 0.2) is 78.9 Å². The van der Waals surface area contributed by atoms with E-state index in [9.17, 15) is 14.4 Å². The number of hydrogen-bond donors (Lipinski definition) is 4. The molecule has 1 fully saturated rings. The molecule has 1 aliphatic rings. The van der Waals surface area contributed by atoms with Gasteiger partial charge < -0.3 is 21.3 Å². The topological polar surface area (TPSA) is 99.3 Å². The summed E-state index contributed by atoms with van der Waals surface area (Å²) in [6.45, 7) is 0. The van der Waals surface area contributed by atoms with Crippen LogP contribution in [0.3, 0.4) is 0 Å². The lowest BCUT2D eigenvalue weighted by molar-refractivity contribution is 0.0950. The third-order valence-electron chi connectivity index (χ3n) is 4.75. The predicted octanol–water partition coefficient (Wildman–Crippen LogP) is 4.48. The van der Waals surface area contributed by atoms with Gasteiger partial charge in [-0.2, -0.15) is 0 Å². The van der Waals surface area contributed by atoms with Crippen LogP contribution in [0.5, 0.6) is 0 Å². The highest BCUT2D eigenvalue weighted by Crippen LogP contribution is 2.20. The van der Waals surface area contributed by atoms with Crippen molar-refractivity contribution in [3.05, 3.63) is 90.0 Å². The Kier molecular flexibility index (Phi) is 5.93. The van der Waals surface area contributed by atoms with Crippen molar-refractivity contribution in [1.82, 2.24) is 5.32 Å². The number of amides is 4. The van der Waals surface area contributed by atoms with E-state index >= 15 is 0 Å². The second kappa shape index (κ2) is 9.13. The van der Waals surface area contributed by atoms with E-state index in [1.54, 1.807) is 60.7 Å². The fourth-order valence-electron chi connectivity index (χ4n) is 2.92. The van der Waals surface area contributed by atoms with Crippen molar-refractivity contribution in [3.63, 3.8) is 0 Å². The minimum atomic E-state index is -0.366. The third kappa shape index (κ3) is 5.70. The summed E-state index contributed by atoms with van der Waals surface area (Å²) in [6.07, 6.45) is 2.07. The van der Waals surface area contributed by atoms with Gasteiger partial charge >= 0.3 is 6.03 Å². The lowest BCUT2D eigenvalue weighted by atomic mass is 10.1. The number of carbonyl (C=O) groups is 3. The van der Waals surface area contributed by atoms with Crippen LogP contribution in [0.25, 0.3) is 0 Å². The fraction of sp³-hybridized carbons (Fsp3) is 0.125. The molecule has 0 saturated heterocycles. The summed E-state index contributed by atoms with van der Waals surface area (Å²) in [7, 11) is 0. The molecule has 0 aromatic heterocycles. The quantitative estimate of drug-likeness (QED) is 0.479. The van der Waals surface area contributed by atoms with Gasteiger partial charge in [0.15, 0.2) is 0 Å². The minimum absolute atomic E-state index is 0.0974. The van der Waals surface area contributed by atoms with Crippen LogP contribution in [0.2, 0.25) is 0 Å². The average Bonchev–Trinajstić information content (AvgIpc) is 3.59. The second-order valence-electron chi connectivity index (χ2n) is 7.30. The molecule has 1 saturated carbocycles.